The molecule has 2 N–H and O–H groups in total. The van der Waals surface area contributed by atoms with Crippen molar-refractivity contribution in [3.63, 3.8) is 0 Å². The highest BCUT2D eigenvalue weighted by atomic mass is 16.5. The van der Waals surface area contributed by atoms with E-state index in [2.05, 4.69) is 30.3 Å². The van der Waals surface area contributed by atoms with E-state index in [1.54, 1.807) is 6.92 Å². The van der Waals surface area contributed by atoms with Crippen molar-refractivity contribution in [1.82, 2.24) is 4.90 Å². The van der Waals surface area contributed by atoms with Gasteiger partial charge in [0.2, 0.25) is 5.91 Å². The molecule has 4 nitrogen and oxygen atoms in total. The molecule has 0 radical (unpaired) electrons. The average molecular weight is 342 g/mol. The van der Waals surface area contributed by atoms with Crippen molar-refractivity contribution in [3.05, 3.63) is 35.9 Å². The first-order valence-corrected chi connectivity index (χ1v) is 9.86. The first-order chi connectivity index (χ1) is 12.1. The maximum absolute atomic E-state index is 12.1. The second kappa shape index (κ2) is 7.08. The van der Waals surface area contributed by atoms with Gasteiger partial charge < -0.3 is 15.4 Å². The fourth-order valence-corrected chi connectivity index (χ4v) is 5.20. The molecule has 1 heterocycles. The van der Waals surface area contributed by atoms with E-state index in [1.165, 1.54) is 18.4 Å². The molecule has 0 bridgehead atoms. The standard InChI is InChI=1S/C21H30N2O2/c1-14(24)23-19-12-11-18(19)21(22)20(23)13-25-17-9-7-16(8-10-17)15-5-3-2-4-6-15/h2-6,16-21H,7-13,22H2,1H3/t16-,17+,18-,19+,20-,21-/m0/s1. The van der Waals surface area contributed by atoms with Gasteiger partial charge in [-0.05, 0) is 55.9 Å². The number of amides is 1. The number of carbonyl (C=O) groups excluding carboxylic acids is 1. The van der Waals surface area contributed by atoms with Crippen molar-refractivity contribution in [2.24, 2.45) is 11.7 Å². The van der Waals surface area contributed by atoms with Gasteiger partial charge in [-0.3, -0.25) is 4.79 Å². The van der Waals surface area contributed by atoms with E-state index in [0.717, 1.165) is 25.7 Å². The molecule has 2 saturated carbocycles. The van der Waals surface area contributed by atoms with Gasteiger partial charge >= 0.3 is 0 Å². The summed E-state index contributed by atoms with van der Waals surface area (Å²) in [5.74, 6) is 1.31. The molecule has 3 aliphatic rings. The van der Waals surface area contributed by atoms with Gasteiger partial charge in [0.1, 0.15) is 0 Å². The minimum Gasteiger partial charge on any atom is -0.376 e. The summed E-state index contributed by atoms with van der Waals surface area (Å²) in [7, 11) is 0. The van der Waals surface area contributed by atoms with Crippen LogP contribution in [0.5, 0.6) is 0 Å². The lowest BCUT2D eigenvalue weighted by atomic mass is 9.77. The second-order valence-corrected chi connectivity index (χ2v) is 8.10. The zero-order valence-electron chi connectivity index (χ0n) is 15.1. The normalized spacial score (nSPS) is 37.4. The van der Waals surface area contributed by atoms with Crippen LogP contribution in [0.4, 0.5) is 0 Å². The van der Waals surface area contributed by atoms with Crippen molar-refractivity contribution < 1.29 is 9.53 Å². The van der Waals surface area contributed by atoms with Gasteiger partial charge in [0.25, 0.3) is 0 Å². The molecule has 25 heavy (non-hydrogen) atoms. The number of nitrogens with two attached hydrogens (primary N) is 1. The molecular weight excluding hydrogens is 312 g/mol. The SMILES string of the molecule is CC(=O)N1[C@@H]2CC[C@@H]2[C@H](N)[C@@H]1CO[C@H]1CC[C@@H](c2ccccc2)CC1. The van der Waals surface area contributed by atoms with E-state index in [1.807, 2.05) is 4.90 Å². The fourth-order valence-electron chi connectivity index (χ4n) is 5.20. The Morgan fingerprint density at radius 2 is 1.84 bits per heavy atom. The Hall–Kier alpha value is -1.39. The van der Waals surface area contributed by atoms with Crippen LogP contribution >= 0.6 is 0 Å². The van der Waals surface area contributed by atoms with Crippen LogP contribution in [-0.4, -0.2) is 41.6 Å². The first-order valence-electron chi connectivity index (χ1n) is 9.86. The number of hydrogen-bond acceptors (Lipinski definition) is 3. The fraction of sp³-hybridized carbons (Fsp3) is 0.667. The summed E-state index contributed by atoms with van der Waals surface area (Å²) in [6.07, 6.45) is 7.17. The molecule has 0 unspecified atom stereocenters. The summed E-state index contributed by atoms with van der Waals surface area (Å²) in [4.78, 5) is 14.1. The Morgan fingerprint density at radius 3 is 2.44 bits per heavy atom. The lowest BCUT2D eigenvalue weighted by Gasteiger charge is -2.37. The molecule has 2 aliphatic carbocycles. The molecule has 0 spiro atoms. The second-order valence-electron chi connectivity index (χ2n) is 8.10. The molecule has 1 aromatic carbocycles. The van der Waals surface area contributed by atoms with Crippen LogP contribution in [0.1, 0.15) is 56.9 Å². The van der Waals surface area contributed by atoms with Crippen molar-refractivity contribution >= 4 is 5.91 Å². The van der Waals surface area contributed by atoms with Crippen molar-refractivity contribution in [2.75, 3.05) is 6.61 Å². The molecule has 0 aromatic heterocycles. The molecule has 136 valence electrons. The molecule has 1 amide bonds. The third kappa shape index (κ3) is 3.22. The molecule has 3 fully saturated rings. The Morgan fingerprint density at radius 1 is 1.12 bits per heavy atom. The highest BCUT2D eigenvalue weighted by Crippen LogP contribution is 2.43. The first kappa shape index (κ1) is 17.0. The minimum absolute atomic E-state index is 0.0712. The zero-order chi connectivity index (χ0) is 17.4. The van der Waals surface area contributed by atoms with E-state index in [-0.39, 0.29) is 18.0 Å². The van der Waals surface area contributed by atoms with Crippen molar-refractivity contribution in [1.29, 1.82) is 0 Å². The van der Waals surface area contributed by atoms with Gasteiger partial charge in [0, 0.05) is 19.0 Å². The van der Waals surface area contributed by atoms with Gasteiger partial charge in [0.05, 0.1) is 18.8 Å². The Labute approximate surface area is 150 Å². The molecular formula is C21H30N2O2. The summed E-state index contributed by atoms with van der Waals surface area (Å²) in [5.41, 5.74) is 7.89. The lowest BCUT2D eigenvalue weighted by Crippen LogP contribution is -2.47. The monoisotopic (exact) mass is 342 g/mol. The predicted molar refractivity (Wildman–Crippen MR) is 98.2 cm³/mol. The number of benzene rings is 1. The van der Waals surface area contributed by atoms with Crippen LogP contribution in [0, 0.1) is 5.92 Å². The highest BCUT2D eigenvalue weighted by Gasteiger charge is 2.52. The van der Waals surface area contributed by atoms with E-state index in [4.69, 9.17) is 10.5 Å². The molecule has 4 atom stereocenters. The Balaban J connectivity index is 1.30. The summed E-state index contributed by atoms with van der Waals surface area (Å²) in [5, 5.41) is 0. The van der Waals surface area contributed by atoms with Crippen molar-refractivity contribution in [2.45, 2.75) is 75.6 Å². The van der Waals surface area contributed by atoms with E-state index >= 15 is 0 Å². The smallest absolute Gasteiger partial charge is 0.220 e. The lowest BCUT2D eigenvalue weighted by molar-refractivity contribution is -0.135. The maximum atomic E-state index is 12.1. The van der Waals surface area contributed by atoms with E-state index in [0.29, 0.717) is 30.6 Å². The molecule has 1 saturated heterocycles. The third-order valence-electron chi connectivity index (χ3n) is 6.75. The van der Waals surface area contributed by atoms with Gasteiger partial charge in [-0.25, -0.2) is 0 Å². The zero-order valence-corrected chi connectivity index (χ0v) is 15.1. The van der Waals surface area contributed by atoms with Crippen LogP contribution in [-0.2, 0) is 9.53 Å². The number of nitrogens with zero attached hydrogens (tertiary/aromatic N) is 1. The number of hydrogen-bond donors (Lipinski definition) is 1. The maximum Gasteiger partial charge on any atom is 0.220 e. The quantitative estimate of drug-likeness (QED) is 0.915. The van der Waals surface area contributed by atoms with Crippen molar-refractivity contribution in [3.8, 4) is 0 Å². The van der Waals surface area contributed by atoms with Crippen LogP contribution in [0.3, 0.4) is 0 Å². The number of carbonyl (C=O) groups is 1. The van der Waals surface area contributed by atoms with Gasteiger partial charge in [-0.15, -0.1) is 0 Å². The Kier molecular flexibility index (Phi) is 4.83. The number of ether oxygens (including phenoxy) is 1. The summed E-state index contributed by atoms with van der Waals surface area (Å²) in [6, 6.07) is 11.3. The summed E-state index contributed by atoms with van der Waals surface area (Å²) < 4.78 is 6.25. The predicted octanol–water partition coefficient (Wildman–Crippen LogP) is 3.07. The van der Waals surface area contributed by atoms with Crippen LogP contribution < -0.4 is 5.73 Å². The van der Waals surface area contributed by atoms with Crippen LogP contribution in [0.2, 0.25) is 0 Å². The van der Waals surface area contributed by atoms with Gasteiger partial charge in [-0.2, -0.15) is 0 Å². The summed E-state index contributed by atoms with van der Waals surface area (Å²) in [6.45, 7) is 2.28. The van der Waals surface area contributed by atoms with Crippen LogP contribution in [0.25, 0.3) is 0 Å². The summed E-state index contributed by atoms with van der Waals surface area (Å²) >= 11 is 0. The molecule has 4 rings (SSSR count). The van der Waals surface area contributed by atoms with Gasteiger partial charge in [0.15, 0.2) is 0 Å². The van der Waals surface area contributed by atoms with Crippen LogP contribution in [0.15, 0.2) is 30.3 Å². The number of fused-ring (bicyclic) bond motifs is 1. The molecule has 4 heteroatoms. The molecule has 1 aliphatic heterocycles. The average Bonchev–Trinajstić information content (AvgIpc) is 2.79. The topological polar surface area (TPSA) is 55.6 Å². The number of rotatable bonds is 4. The largest absolute Gasteiger partial charge is 0.376 e. The Bertz CT molecular complexity index is 597. The van der Waals surface area contributed by atoms with E-state index < -0.39 is 0 Å². The molecule has 1 aromatic rings. The number of likely N-dealkylation sites (tertiary alicyclic amines) is 1. The minimum atomic E-state index is 0.0712. The van der Waals surface area contributed by atoms with Gasteiger partial charge in [-0.1, -0.05) is 30.3 Å². The van der Waals surface area contributed by atoms with E-state index in [9.17, 15) is 4.79 Å². The highest BCUT2D eigenvalue weighted by molar-refractivity contribution is 5.75. The third-order valence-corrected chi connectivity index (χ3v) is 6.75.